The van der Waals surface area contributed by atoms with Crippen molar-refractivity contribution in [2.45, 2.75) is 39.2 Å². The number of nitrogens with zero attached hydrogens (tertiary/aromatic N) is 1. The molecule has 0 spiro atoms. The molecule has 1 rings (SSSR count). The summed E-state index contributed by atoms with van der Waals surface area (Å²) in [6.45, 7) is 4.60. The summed E-state index contributed by atoms with van der Waals surface area (Å²) >= 11 is 0. The second-order valence-corrected chi connectivity index (χ2v) is 4.96. The van der Waals surface area contributed by atoms with Gasteiger partial charge in [-0.3, -0.25) is 9.59 Å². The molecule has 0 bridgehead atoms. The maximum absolute atomic E-state index is 11.9. The lowest BCUT2D eigenvalue weighted by Crippen LogP contribution is -2.43. The van der Waals surface area contributed by atoms with Crippen molar-refractivity contribution >= 4 is 18.0 Å². The summed E-state index contributed by atoms with van der Waals surface area (Å²) in [5, 5.41) is 11.6. The molecular formula is C13H22N2O5. The zero-order valence-corrected chi connectivity index (χ0v) is 11.9. The Morgan fingerprint density at radius 2 is 2.15 bits per heavy atom. The lowest BCUT2D eigenvalue weighted by Gasteiger charge is -2.20. The molecule has 0 aromatic carbocycles. The van der Waals surface area contributed by atoms with Crippen molar-refractivity contribution in [2.24, 2.45) is 5.92 Å². The fourth-order valence-corrected chi connectivity index (χ4v) is 2.09. The molecule has 0 aromatic rings. The van der Waals surface area contributed by atoms with Gasteiger partial charge in [0.2, 0.25) is 0 Å². The first-order chi connectivity index (χ1) is 9.43. The second-order valence-electron chi connectivity index (χ2n) is 4.96. The standard InChI is InChI=1S/C13H22N2O5/c1-3-20-11(16)5-4-9(2)14-13(19)15-7-6-10(8-15)12(17)18/h9-10H,3-8H2,1-2H3,(H,14,19)(H,17,18). The van der Waals surface area contributed by atoms with Crippen LogP contribution in [0, 0.1) is 5.92 Å². The van der Waals surface area contributed by atoms with E-state index in [2.05, 4.69) is 5.32 Å². The molecule has 2 amide bonds. The van der Waals surface area contributed by atoms with Crippen LogP contribution in [0.2, 0.25) is 0 Å². The molecule has 1 fully saturated rings. The van der Waals surface area contributed by atoms with Gasteiger partial charge in [0, 0.05) is 25.6 Å². The number of likely N-dealkylation sites (tertiary alicyclic amines) is 1. The first-order valence-corrected chi connectivity index (χ1v) is 6.87. The number of ether oxygens (including phenoxy) is 1. The summed E-state index contributed by atoms with van der Waals surface area (Å²) in [6.07, 6.45) is 1.24. The molecule has 2 N–H and O–H groups in total. The van der Waals surface area contributed by atoms with Gasteiger partial charge in [0.15, 0.2) is 0 Å². The van der Waals surface area contributed by atoms with Gasteiger partial charge < -0.3 is 20.1 Å². The zero-order chi connectivity index (χ0) is 15.1. The summed E-state index contributed by atoms with van der Waals surface area (Å²) < 4.78 is 4.81. The summed E-state index contributed by atoms with van der Waals surface area (Å²) in [7, 11) is 0. The van der Waals surface area contributed by atoms with Crippen LogP contribution in [0.1, 0.15) is 33.1 Å². The predicted molar refractivity (Wildman–Crippen MR) is 71.2 cm³/mol. The Labute approximate surface area is 118 Å². The van der Waals surface area contributed by atoms with Crippen LogP contribution >= 0.6 is 0 Å². The molecule has 1 heterocycles. The lowest BCUT2D eigenvalue weighted by atomic mass is 10.1. The molecule has 0 radical (unpaired) electrons. The highest BCUT2D eigenvalue weighted by Crippen LogP contribution is 2.16. The number of rotatable bonds is 6. The Morgan fingerprint density at radius 3 is 2.70 bits per heavy atom. The normalized spacial score (nSPS) is 19.5. The minimum Gasteiger partial charge on any atom is -0.481 e. The van der Waals surface area contributed by atoms with Gasteiger partial charge in [0.1, 0.15) is 0 Å². The maximum atomic E-state index is 11.9. The Bertz CT molecular complexity index is 372. The van der Waals surface area contributed by atoms with Crippen LogP contribution in [0.4, 0.5) is 4.79 Å². The summed E-state index contributed by atoms with van der Waals surface area (Å²) in [5.74, 6) is -1.62. The largest absolute Gasteiger partial charge is 0.481 e. The maximum Gasteiger partial charge on any atom is 0.317 e. The SMILES string of the molecule is CCOC(=O)CCC(C)NC(=O)N1CCC(C(=O)O)C1. The van der Waals surface area contributed by atoms with Crippen LogP contribution in [0.15, 0.2) is 0 Å². The molecule has 7 heteroatoms. The van der Waals surface area contributed by atoms with Gasteiger partial charge in [-0.25, -0.2) is 4.79 Å². The number of amides is 2. The third kappa shape index (κ3) is 5.07. The molecule has 2 atom stereocenters. The fraction of sp³-hybridized carbons (Fsp3) is 0.769. The Morgan fingerprint density at radius 1 is 1.45 bits per heavy atom. The molecule has 7 nitrogen and oxygen atoms in total. The van der Waals surface area contributed by atoms with Crippen LogP contribution in [-0.2, 0) is 14.3 Å². The predicted octanol–water partition coefficient (Wildman–Crippen LogP) is 0.834. The van der Waals surface area contributed by atoms with E-state index in [9.17, 15) is 14.4 Å². The quantitative estimate of drug-likeness (QED) is 0.705. The van der Waals surface area contributed by atoms with E-state index in [0.717, 1.165) is 0 Å². The smallest absolute Gasteiger partial charge is 0.317 e. The highest BCUT2D eigenvalue weighted by molar-refractivity contribution is 5.77. The van der Waals surface area contributed by atoms with Crippen molar-refractivity contribution < 1.29 is 24.2 Å². The van der Waals surface area contributed by atoms with Crippen LogP contribution < -0.4 is 5.32 Å². The third-order valence-electron chi connectivity index (χ3n) is 3.28. The number of aliphatic carboxylic acids is 1. The molecule has 20 heavy (non-hydrogen) atoms. The summed E-state index contributed by atoms with van der Waals surface area (Å²) in [4.78, 5) is 35.4. The highest BCUT2D eigenvalue weighted by Gasteiger charge is 2.31. The van der Waals surface area contributed by atoms with Gasteiger partial charge in [-0.1, -0.05) is 0 Å². The Balaban J connectivity index is 2.28. The molecule has 2 unspecified atom stereocenters. The van der Waals surface area contributed by atoms with Gasteiger partial charge >= 0.3 is 18.0 Å². The van der Waals surface area contributed by atoms with Crippen LogP contribution in [0.5, 0.6) is 0 Å². The van der Waals surface area contributed by atoms with Gasteiger partial charge in [0.05, 0.1) is 12.5 Å². The highest BCUT2D eigenvalue weighted by atomic mass is 16.5. The molecule has 0 aliphatic carbocycles. The van der Waals surface area contributed by atoms with Crippen LogP contribution in [-0.4, -0.2) is 53.7 Å². The lowest BCUT2D eigenvalue weighted by molar-refractivity contribution is -0.143. The van der Waals surface area contributed by atoms with E-state index in [-0.39, 0.29) is 31.0 Å². The number of carbonyl (C=O) groups excluding carboxylic acids is 2. The van der Waals surface area contributed by atoms with Gasteiger partial charge in [-0.05, 0) is 26.7 Å². The number of carboxylic acids is 1. The second kappa shape index (κ2) is 7.72. The van der Waals surface area contributed by atoms with Crippen LogP contribution in [0.3, 0.4) is 0 Å². The van der Waals surface area contributed by atoms with E-state index in [1.807, 2.05) is 6.92 Å². The zero-order valence-electron chi connectivity index (χ0n) is 11.9. The Kier molecular flexibility index (Phi) is 6.27. The molecule has 114 valence electrons. The van der Waals surface area contributed by atoms with Gasteiger partial charge in [-0.15, -0.1) is 0 Å². The minimum atomic E-state index is -0.865. The summed E-state index contributed by atoms with van der Waals surface area (Å²) in [6, 6.07) is -0.430. The first-order valence-electron chi connectivity index (χ1n) is 6.87. The van der Waals surface area contributed by atoms with Gasteiger partial charge in [-0.2, -0.15) is 0 Å². The Hall–Kier alpha value is -1.79. The van der Waals surface area contributed by atoms with E-state index in [1.54, 1.807) is 6.92 Å². The van der Waals surface area contributed by atoms with E-state index in [1.165, 1.54) is 4.90 Å². The van der Waals surface area contributed by atoms with E-state index in [4.69, 9.17) is 9.84 Å². The third-order valence-corrected chi connectivity index (χ3v) is 3.28. The number of carbonyl (C=O) groups is 3. The number of hydrogen-bond donors (Lipinski definition) is 2. The van der Waals surface area contributed by atoms with E-state index in [0.29, 0.717) is 26.0 Å². The average Bonchev–Trinajstić information content (AvgIpc) is 2.86. The average molecular weight is 286 g/mol. The molecule has 1 aliphatic heterocycles. The molecule has 1 saturated heterocycles. The van der Waals surface area contributed by atoms with Crippen molar-refractivity contribution in [1.82, 2.24) is 10.2 Å². The number of carboxylic acid groups (broad SMARTS) is 1. The molecule has 0 saturated carbocycles. The van der Waals surface area contributed by atoms with E-state index < -0.39 is 11.9 Å². The van der Waals surface area contributed by atoms with Crippen LogP contribution in [0.25, 0.3) is 0 Å². The minimum absolute atomic E-state index is 0.157. The topological polar surface area (TPSA) is 95.9 Å². The number of urea groups is 1. The van der Waals surface area contributed by atoms with Crippen molar-refractivity contribution in [3.63, 3.8) is 0 Å². The van der Waals surface area contributed by atoms with Crippen molar-refractivity contribution in [3.8, 4) is 0 Å². The van der Waals surface area contributed by atoms with E-state index >= 15 is 0 Å². The fourth-order valence-electron chi connectivity index (χ4n) is 2.09. The number of hydrogen-bond acceptors (Lipinski definition) is 4. The number of esters is 1. The summed E-state index contributed by atoms with van der Waals surface area (Å²) in [5.41, 5.74) is 0. The van der Waals surface area contributed by atoms with Gasteiger partial charge in [0.25, 0.3) is 0 Å². The first kappa shape index (κ1) is 16.3. The molecule has 1 aliphatic rings. The number of nitrogens with one attached hydrogen (secondary N) is 1. The van der Waals surface area contributed by atoms with Crippen molar-refractivity contribution in [2.75, 3.05) is 19.7 Å². The monoisotopic (exact) mass is 286 g/mol. The molecular weight excluding hydrogens is 264 g/mol. The van der Waals surface area contributed by atoms with Crippen molar-refractivity contribution in [1.29, 1.82) is 0 Å². The molecule has 0 aromatic heterocycles. The van der Waals surface area contributed by atoms with Crippen molar-refractivity contribution in [3.05, 3.63) is 0 Å².